The Bertz CT molecular complexity index is 621. The first kappa shape index (κ1) is 14.5. The molecule has 0 radical (unpaired) electrons. The van der Waals surface area contributed by atoms with E-state index >= 15 is 0 Å². The fourth-order valence-electron chi connectivity index (χ4n) is 7.31. The molecule has 124 valence electrons. The van der Waals surface area contributed by atoms with Crippen LogP contribution in [0.2, 0.25) is 0 Å². The summed E-state index contributed by atoms with van der Waals surface area (Å²) in [4.78, 5) is 12.0. The second-order valence-corrected chi connectivity index (χ2v) is 9.04. The van der Waals surface area contributed by atoms with Crippen molar-refractivity contribution in [1.82, 2.24) is 0 Å². The minimum atomic E-state index is -0.918. The summed E-state index contributed by atoms with van der Waals surface area (Å²) in [6.07, 6.45) is 13.5. The van der Waals surface area contributed by atoms with Crippen LogP contribution < -0.4 is 0 Å². The van der Waals surface area contributed by atoms with Crippen molar-refractivity contribution in [1.29, 1.82) is 0 Å². The molecule has 1 aliphatic heterocycles. The summed E-state index contributed by atoms with van der Waals surface area (Å²) in [6, 6.07) is 0. The SMILES string of the molecule is C#C[C@]1(O)CC[C@H]2[C@@H]3CCC45OC4C(=O)CCC5[C@H]3CC[C@@]21C. The second kappa shape index (κ2) is 4.21. The molecule has 23 heavy (non-hydrogen) atoms. The molecule has 3 nitrogen and oxygen atoms in total. The van der Waals surface area contributed by atoms with Gasteiger partial charge in [0, 0.05) is 11.8 Å². The maximum atomic E-state index is 12.0. The normalized spacial score (nSPS) is 60.0. The quantitative estimate of drug-likeness (QED) is 0.552. The standard InChI is InChI=1S/C20H26O3/c1-3-19(22)10-8-14-12-7-11-20-15(4-5-16(21)17(20)23-20)13(12)6-9-18(14,19)2/h1,12-15,17,22H,4-11H2,2H3/t12-,13+,14+,15?,17?,18+,19+,20?/m1/s1. The number of epoxide rings is 1. The fraction of sp³-hybridized carbons (Fsp3) is 0.850. The first-order valence-corrected chi connectivity index (χ1v) is 9.36. The number of ketones is 1. The van der Waals surface area contributed by atoms with E-state index in [-0.39, 0.29) is 17.1 Å². The van der Waals surface area contributed by atoms with Crippen molar-refractivity contribution in [2.24, 2.45) is 29.1 Å². The predicted molar refractivity (Wildman–Crippen MR) is 85.4 cm³/mol. The Labute approximate surface area is 138 Å². The summed E-state index contributed by atoms with van der Waals surface area (Å²) < 4.78 is 6.00. The van der Waals surface area contributed by atoms with Gasteiger partial charge in [-0.05, 0) is 68.6 Å². The van der Waals surface area contributed by atoms with E-state index in [4.69, 9.17) is 11.2 Å². The molecular formula is C20H26O3. The number of hydrogen-bond donors (Lipinski definition) is 1. The lowest BCUT2D eigenvalue weighted by atomic mass is 9.49. The van der Waals surface area contributed by atoms with Crippen LogP contribution in [-0.4, -0.2) is 28.2 Å². The molecule has 1 heterocycles. The molecule has 0 aromatic carbocycles. The zero-order chi connectivity index (χ0) is 16.0. The summed E-state index contributed by atoms with van der Waals surface area (Å²) in [6.45, 7) is 2.23. The lowest BCUT2D eigenvalue weighted by Gasteiger charge is -2.55. The summed E-state index contributed by atoms with van der Waals surface area (Å²) in [5, 5.41) is 11.0. The molecule has 4 aliphatic carbocycles. The molecule has 0 aromatic rings. The van der Waals surface area contributed by atoms with Crippen molar-refractivity contribution in [2.75, 3.05) is 0 Å². The van der Waals surface area contributed by atoms with E-state index in [0.29, 0.717) is 35.9 Å². The van der Waals surface area contributed by atoms with E-state index in [9.17, 15) is 9.90 Å². The van der Waals surface area contributed by atoms with E-state index in [1.165, 1.54) is 0 Å². The van der Waals surface area contributed by atoms with Gasteiger partial charge in [-0.25, -0.2) is 0 Å². The molecule has 1 saturated heterocycles. The van der Waals surface area contributed by atoms with Crippen LogP contribution in [0.1, 0.15) is 58.3 Å². The molecule has 5 aliphatic rings. The third-order valence-corrected chi connectivity index (χ3v) is 8.61. The number of rotatable bonds is 0. The average Bonchev–Trinajstić information content (AvgIpc) is 3.22. The number of terminal acetylenes is 1. The van der Waals surface area contributed by atoms with Crippen molar-refractivity contribution in [2.45, 2.75) is 75.6 Å². The number of carbonyl (C=O) groups is 1. The van der Waals surface area contributed by atoms with E-state index in [1.807, 2.05) is 0 Å². The fourth-order valence-corrected chi connectivity index (χ4v) is 7.31. The Balaban J connectivity index is 1.47. The van der Waals surface area contributed by atoms with Gasteiger partial charge in [-0.3, -0.25) is 4.79 Å². The number of hydrogen-bond acceptors (Lipinski definition) is 3. The molecule has 5 rings (SSSR count). The van der Waals surface area contributed by atoms with Crippen molar-refractivity contribution >= 4 is 5.78 Å². The van der Waals surface area contributed by atoms with Crippen LogP contribution in [-0.2, 0) is 9.53 Å². The van der Waals surface area contributed by atoms with E-state index < -0.39 is 5.60 Å². The van der Waals surface area contributed by atoms with Crippen LogP contribution in [0.15, 0.2) is 0 Å². The number of fused-ring (bicyclic) bond motifs is 4. The van der Waals surface area contributed by atoms with E-state index in [0.717, 1.165) is 44.9 Å². The van der Waals surface area contributed by atoms with Crippen LogP contribution in [0.3, 0.4) is 0 Å². The van der Waals surface area contributed by atoms with Crippen molar-refractivity contribution < 1.29 is 14.6 Å². The summed E-state index contributed by atoms with van der Waals surface area (Å²) >= 11 is 0. The van der Waals surface area contributed by atoms with Crippen molar-refractivity contribution in [3.8, 4) is 12.3 Å². The monoisotopic (exact) mass is 314 g/mol. The van der Waals surface area contributed by atoms with Gasteiger partial charge < -0.3 is 9.84 Å². The highest BCUT2D eigenvalue weighted by atomic mass is 16.6. The van der Waals surface area contributed by atoms with Crippen LogP contribution in [0.5, 0.6) is 0 Å². The van der Waals surface area contributed by atoms with Gasteiger partial charge >= 0.3 is 0 Å². The Hall–Kier alpha value is -0.850. The molecule has 3 heteroatoms. The van der Waals surface area contributed by atoms with Gasteiger partial charge in [-0.15, -0.1) is 6.42 Å². The van der Waals surface area contributed by atoms with Gasteiger partial charge in [-0.1, -0.05) is 12.8 Å². The number of carbonyl (C=O) groups excluding carboxylic acids is 1. The second-order valence-electron chi connectivity index (χ2n) is 9.04. The molecular weight excluding hydrogens is 288 g/mol. The highest BCUT2D eigenvalue weighted by molar-refractivity contribution is 5.88. The van der Waals surface area contributed by atoms with Gasteiger partial charge in [-0.2, -0.15) is 0 Å². The number of Topliss-reactive ketones (excluding diaryl/α,β-unsaturated/α-hetero) is 1. The molecule has 0 aromatic heterocycles. The lowest BCUT2D eigenvalue weighted by molar-refractivity contribution is -0.124. The van der Waals surface area contributed by atoms with E-state index in [2.05, 4.69) is 12.8 Å². The first-order chi connectivity index (χ1) is 11.0. The van der Waals surface area contributed by atoms with Crippen LogP contribution in [0.25, 0.3) is 0 Å². The van der Waals surface area contributed by atoms with Crippen molar-refractivity contribution in [3.63, 3.8) is 0 Å². The average molecular weight is 314 g/mol. The molecule has 5 fully saturated rings. The third-order valence-electron chi connectivity index (χ3n) is 8.61. The zero-order valence-electron chi connectivity index (χ0n) is 13.9. The maximum Gasteiger partial charge on any atom is 0.164 e. The summed E-state index contributed by atoms with van der Waals surface area (Å²) in [5.41, 5.74) is -1.13. The molecule has 1 spiro atoms. The maximum absolute atomic E-state index is 12.0. The summed E-state index contributed by atoms with van der Waals surface area (Å²) in [7, 11) is 0. The molecule has 1 N–H and O–H groups in total. The molecule has 0 amide bonds. The van der Waals surface area contributed by atoms with Gasteiger partial charge in [0.25, 0.3) is 0 Å². The first-order valence-electron chi connectivity index (χ1n) is 9.36. The molecule has 8 atom stereocenters. The van der Waals surface area contributed by atoms with Crippen molar-refractivity contribution in [3.05, 3.63) is 0 Å². The van der Waals surface area contributed by atoms with Crippen LogP contribution in [0.4, 0.5) is 0 Å². The van der Waals surface area contributed by atoms with Gasteiger partial charge in [0.2, 0.25) is 0 Å². The smallest absolute Gasteiger partial charge is 0.164 e. The molecule has 3 unspecified atom stereocenters. The highest BCUT2D eigenvalue weighted by Crippen LogP contribution is 2.68. The van der Waals surface area contributed by atoms with Crippen LogP contribution >= 0.6 is 0 Å². The van der Waals surface area contributed by atoms with Crippen LogP contribution in [0, 0.1) is 41.4 Å². The largest absolute Gasteiger partial charge is 0.377 e. The zero-order valence-corrected chi connectivity index (χ0v) is 13.9. The third kappa shape index (κ3) is 1.53. The lowest BCUT2D eigenvalue weighted by Crippen LogP contribution is -2.55. The minimum Gasteiger partial charge on any atom is -0.377 e. The molecule has 4 saturated carbocycles. The summed E-state index contributed by atoms with van der Waals surface area (Å²) in [5.74, 6) is 5.50. The van der Waals surface area contributed by atoms with Gasteiger partial charge in [0.05, 0.1) is 0 Å². The number of ether oxygens (including phenoxy) is 1. The molecule has 0 bridgehead atoms. The minimum absolute atomic E-state index is 0.0817. The number of aliphatic hydroxyl groups is 1. The Morgan fingerprint density at radius 1 is 1.13 bits per heavy atom. The van der Waals surface area contributed by atoms with Gasteiger partial charge in [0.1, 0.15) is 17.3 Å². The Morgan fingerprint density at radius 2 is 1.87 bits per heavy atom. The Kier molecular flexibility index (Phi) is 2.65. The Morgan fingerprint density at radius 3 is 2.65 bits per heavy atom. The topological polar surface area (TPSA) is 49.8 Å². The predicted octanol–water partition coefficient (Wildman–Crippen LogP) is 2.70. The highest BCUT2D eigenvalue weighted by Gasteiger charge is 2.72. The van der Waals surface area contributed by atoms with E-state index in [1.54, 1.807) is 0 Å². The van der Waals surface area contributed by atoms with Gasteiger partial charge in [0.15, 0.2) is 5.78 Å².